The smallest absolute Gasteiger partial charge is 0.313 e. The highest BCUT2D eigenvalue weighted by atomic mass is 79.9. The molecule has 0 amide bonds. The van der Waals surface area contributed by atoms with E-state index in [0.717, 1.165) is 12.8 Å². The van der Waals surface area contributed by atoms with Crippen LogP contribution in [0.1, 0.15) is 19.8 Å². The van der Waals surface area contributed by atoms with E-state index in [2.05, 4.69) is 22.9 Å². The molecule has 19 heavy (non-hydrogen) atoms. The summed E-state index contributed by atoms with van der Waals surface area (Å²) in [5.74, 6) is 1.24. The van der Waals surface area contributed by atoms with Crippen molar-refractivity contribution in [2.24, 2.45) is 5.92 Å². The van der Waals surface area contributed by atoms with Crippen molar-refractivity contribution in [1.82, 2.24) is 0 Å². The first-order chi connectivity index (χ1) is 8.95. The molecule has 0 saturated carbocycles. The van der Waals surface area contributed by atoms with E-state index in [1.807, 2.05) is 0 Å². The van der Waals surface area contributed by atoms with E-state index in [0.29, 0.717) is 27.9 Å². The fourth-order valence-electron chi connectivity index (χ4n) is 1.52. The summed E-state index contributed by atoms with van der Waals surface area (Å²) in [6.07, 6.45) is 1.69. The minimum Gasteiger partial charge on any atom is -0.486 e. The van der Waals surface area contributed by atoms with Crippen LogP contribution in [0.2, 0.25) is 5.02 Å². The van der Waals surface area contributed by atoms with Gasteiger partial charge in [-0.3, -0.25) is 10.1 Å². The average Bonchev–Trinajstić information content (AvgIpc) is 2.31. The van der Waals surface area contributed by atoms with Crippen LogP contribution in [0, 0.1) is 16.0 Å². The van der Waals surface area contributed by atoms with Crippen LogP contribution in [0.25, 0.3) is 0 Å². The number of hydrogen-bond donors (Lipinski definition) is 0. The molecule has 1 atom stereocenters. The minimum atomic E-state index is -0.506. The third-order valence-electron chi connectivity index (χ3n) is 2.64. The Morgan fingerprint density at radius 3 is 2.74 bits per heavy atom. The fraction of sp³-hybridized carbons (Fsp3) is 0.500. The molecule has 1 aromatic rings. The second kappa shape index (κ2) is 7.92. The first-order valence-corrected chi connectivity index (χ1v) is 7.48. The van der Waals surface area contributed by atoms with Crippen LogP contribution in [0.5, 0.6) is 5.75 Å². The van der Waals surface area contributed by atoms with E-state index >= 15 is 0 Å². The van der Waals surface area contributed by atoms with E-state index in [-0.39, 0.29) is 11.4 Å². The molecular formula is C12H14BrCl2NO3. The number of nitrogens with zero attached hydrogens (tertiary/aromatic N) is 1. The molecule has 0 bridgehead atoms. The van der Waals surface area contributed by atoms with Crippen LogP contribution in [0.4, 0.5) is 5.69 Å². The Balaban J connectivity index is 2.75. The van der Waals surface area contributed by atoms with Crippen molar-refractivity contribution in [1.29, 1.82) is 0 Å². The number of hydrogen-bond acceptors (Lipinski definition) is 3. The maximum Gasteiger partial charge on any atom is 0.313 e. The van der Waals surface area contributed by atoms with Crippen molar-refractivity contribution >= 4 is 44.8 Å². The number of alkyl halides is 1. The molecule has 106 valence electrons. The third-order valence-corrected chi connectivity index (χ3v) is 3.67. The third kappa shape index (κ3) is 5.16. The molecule has 0 aliphatic rings. The number of rotatable bonds is 7. The number of ether oxygens (including phenoxy) is 1. The highest BCUT2D eigenvalue weighted by molar-refractivity contribution is 9.10. The van der Waals surface area contributed by atoms with Crippen molar-refractivity contribution in [3.63, 3.8) is 0 Å². The Bertz CT molecular complexity index is 457. The maximum absolute atomic E-state index is 11.0. The highest BCUT2D eigenvalue weighted by Gasteiger charge is 2.20. The van der Waals surface area contributed by atoms with E-state index < -0.39 is 4.92 Å². The lowest BCUT2D eigenvalue weighted by molar-refractivity contribution is -0.385. The normalized spacial score (nSPS) is 12.2. The maximum atomic E-state index is 11.0. The Hall–Kier alpha value is -0.520. The van der Waals surface area contributed by atoms with Gasteiger partial charge in [-0.05, 0) is 40.8 Å². The first kappa shape index (κ1) is 16.5. The quantitative estimate of drug-likeness (QED) is 0.383. The topological polar surface area (TPSA) is 52.4 Å². The predicted octanol–water partition coefficient (Wildman–Crippen LogP) is 5.04. The Kier molecular flexibility index (Phi) is 6.89. The largest absolute Gasteiger partial charge is 0.486 e. The van der Waals surface area contributed by atoms with E-state index in [4.69, 9.17) is 27.9 Å². The van der Waals surface area contributed by atoms with Crippen molar-refractivity contribution in [3.8, 4) is 5.75 Å². The molecule has 0 aliphatic carbocycles. The standard InChI is InChI=1S/C12H14BrCl2NO3/c1-8(2-4-14)3-5-19-12-10(13)6-9(15)7-11(12)16(17)18/h6-8H,2-5H2,1H3. The zero-order valence-electron chi connectivity index (χ0n) is 10.4. The van der Waals surface area contributed by atoms with Gasteiger partial charge < -0.3 is 4.74 Å². The van der Waals surface area contributed by atoms with Crippen molar-refractivity contribution in [2.45, 2.75) is 19.8 Å². The fourth-order valence-corrected chi connectivity index (χ4v) is 2.80. The zero-order chi connectivity index (χ0) is 14.4. The van der Waals surface area contributed by atoms with Gasteiger partial charge in [-0.1, -0.05) is 18.5 Å². The van der Waals surface area contributed by atoms with Gasteiger partial charge in [0, 0.05) is 17.0 Å². The summed E-state index contributed by atoms with van der Waals surface area (Å²) in [6.45, 7) is 2.47. The van der Waals surface area contributed by atoms with Crippen LogP contribution in [-0.2, 0) is 0 Å². The molecule has 1 unspecified atom stereocenters. The molecular weight excluding hydrogens is 357 g/mol. The van der Waals surface area contributed by atoms with E-state index in [1.165, 1.54) is 6.07 Å². The Morgan fingerprint density at radius 1 is 1.47 bits per heavy atom. The summed E-state index contributed by atoms with van der Waals surface area (Å²) in [5.41, 5.74) is -0.135. The Morgan fingerprint density at radius 2 is 2.16 bits per heavy atom. The summed E-state index contributed by atoms with van der Waals surface area (Å²) in [7, 11) is 0. The molecule has 4 nitrogen and oxygen atoms in total. The minimum absolute atomic E-state index is 0.135. The number of nitro groups is 1. The lowest BCUT2D eigenvalue weighted by atomic mass is 10.1. The van der Waals surface area contributed by atoms with Gasteiger partial charge in [-0.2, -0.15) is 0 Å². The summed E-state index contributed by atoms with van der Waals surface area (Å²) in [6, 6.07) is 2.86. The van der Waals surface area contributed by atoms with Gasteiger partial charge in [0.15, 0.2) is 0 Å². The summed E-state index contributed by atoms with van der Waals surface area (Å²) < 4.78 is 5.99. The van der Waals surface area contributed by atoms with Gasteiger partial charge in [0.25, 0.3) is 0 Å². The summed E-state index contributed by atoms with van der Waals surface area (Å²) >= 11 is 14.7. The van der Waals surface area contributed by atoms with E-state index in [1.54, 1.807) is 6.07 Å². The van der Waals surface area contributed by atoms with Crippen LogP contribution in [0.15, 0.2) is 16.6 Å². The Labute approximate surface area is 130 Å². The molecule has 0 heterocycles. The first-order valence-electron chi connectivity index (χ1n) is 5.78. The van der Waals surface area contributed by atoms with Crippen LogP contribution in [-0.4, -0.2) is 17.4 Å². The molecule has 1 aromatic carbocycles. The molecule has 1 rings (SSSR count). The van der Waals surface area contributed by atoms with Crippen LogP contribution >= 0.6 is 39.1 Å². The van der Waals surface area contributed by atoms with Gasteiger partial charge in [-0.25, -0.2) is 0 Å². The monoisotopic (exact) mass is 369 g/mol. The lowest BCUT2D eigenvalue weighted by Crippen LogP contribution is -2.06. The van der Waals surface area contributed by atoms with Crippen LogP contribution in [0.3, 0.4) is 0 Å². The molecule has 0 saturated heterocycles. The van der Waals surface area contributed by atoms with Crippen molar-refractivity contribution in [3.05, 3.63) is 31.7 Å². The predicted molar refractivity (Wildman–Crippen MR) is 80.4 cm³/mol. The van der Waals surface area contributed by atoms with Crippen molar-refractivity contribution in [2.75, 3.05) is 12.5 Å². The zero-order valence-corrected chi connectivity index (χ0v) is 13.5. The average molecular weight is 371 g/mol. The SMILES string of the molecule is CC(CCCl)CCOc1c(Br)cc(Cl)cc1[N+](=O)[O-]. The van der Waals surface area contributed by atoms with Gasteiger partial charge >= 0.3 is 5.69 Å². The molecule has 7 heteroatoms. The number of halogens is 3. The summed E-state index contributed by atoms with van der Waals surface area (Å²) in [5, 5.41) is 11.2. The van der Waals surface area contributed by atoms with Gasteiger partial charge in [-0.15, -0.1) is 11.6 Å². The second-order valence-electron chi connectivity index (χ2n) is 4.21. The molecule has 0 aromatic heterocycles. The number of nitro benzene ring substituents is 1. The highest BCUT2D eigenvalue weighted by Crippen LogP contribution is 2.38. The van der Waals surface area contributed by atoms with Gasteiger partial charge in [0.2, 0.25) is 5.75 Å². The molecule has 0 spiro atoms. The molecule has 0 N–H and O–H groups in total. The lowest BCUT2D eigenvalue weighted by Gasteiger charge is -2.12. The second-order valence-corrected chi connectivity index (χ2v) is 5.88. The summed E-state index contributed by atoms with van der Waals surface area (Å²) in [4.78, 5) is 10.4. The molecule has 0 radical (unpaired) electrons. The molecule has 0 aliphatic heterocycles. The number of benzene rings is 1. The van der Waals surface area contributed by atoms with Gasteiger partial charge in [0.05, 0.1) is 16.0 Å². The van der Waals surface area contributed by atoms with E-state index in [9.17, 15) is 10.1 Å². The van der Waals surface area contributed by atoms with Gasteiger partial charge in [0.1, 0.15) is 0 Å². The molecule has 0 fully saturated rings. The van der Waals surface area contributed by atoms with Crippen molar-refractivity contribution < 1.29 is 9.66 Å². The van der Waals surface area contributed by atoms with Crippen LogP contribution < -0.4 is 4.74 Å².